The van der Waals surface area contributed by atoms with Gasteiger partial charge >= 0.3 is 23.9 Å². The lowest BCUT2D eigenvalue weighted by Gasteiger charge is -2.33. The van der Waals surface area contributed by atoms with E-state index in [0.717, 1.165) is 97.2 Å². The van der Waals surface area contributed by atoms with Crippen molar-refractivity contribution < 1.29 is 39.6 Å². The van der Waals surface area contributed by atoms with Gasteiger partial charge in [-0.15, -0.1) is 0 Å². The van der Waals surface area contributed by atoms with E-state index >= 15 is 0 Å². The molecule has 4 aliphatic rings. The molecule has 12 heteroatoms. The van der Waals surface area contributed by atoms with Crippen LogP contribution in [0.5, 0.6) is 0 Å². The Bertz CT molecular complexity index is 1610. The highest BCUT2D eigenvalue weighted by Crippen LogP contribution is 2.41. The molecular formula is C88H174N4O8. The second-order valence-electron chi connectivity index (χ2n) is 34.4. The van der Waals surface area contributed by atoms with Crippen LogP contribution in [0, 0.1) is 82.9 Å². The number of unbranched alkanes of at least 4 members (excludes halogenated alkanes) is 28. The van der Waals surface area contributed by atoms with Gasteiger partial charge in [0.15, 0.2) is 0 Å². The zero-order valence-electron chi connectivity index (χ0n) is 67.7. The molecule has 0 bridgehead atoms. The van der Waals surface area contributed by atoms with Crippen molar-refractivity contribution in [2.24, 2.45) is 106 Å². The van der Waals surface area contributed by atoms with Crippen LogP contribution < -0.4 is 22.9 Å². The number of carbonyl (C=O) groups is 4. The molecule has 12 nitrogen and oxygen atoms in total. The largest absolute Gasteiger partial charge is 0.481 e. The van der Waals surface area contributed by atoms with Crippen molar-refractivity contribution in [2.75, 3.05) is 26.2 Å². The molecule has 0 saturated heterocycles. The summed E-state index contributed by atoms with van der Waals surface area (Å²) in [6.45, 7) is 22.7. The topological polar surface area (TPSA) is 253 Å². The van der Waals surface area contributed by atoms with Crippen molar-refractivity contribution in [3.05, 3.63) is 0 Å². The Labute approximate surface area is 620 Å². The zero-order chi connectivity index (χ0) is 74.2. The summed E-state index contributed by atoms with van der Waals surface area (Å²) in [5.41, 5.74) is 22.1. The van der Waals surface area contributed by atoms with Gasteiger partial charge in [-0.05, 0) is 149 Å². The molecule has 0 heterocycles. The van der Waals surface area contributed by atoms with E-state index in [1.165, 1.54) is 360 Å². The van der Waals surface area contributed by atoms with Crippen LogP contribution >= 0.6 is 0 Å². The molecule has 0 aliphatic heterocycles. The summed E-state index contributed by atoms with van der Waals surface area (Å²) in [7, 11) is 0. The highest BCUT2D eigenvalue weighted by atomic mass is 16.4. The highest BCUT2D eigenvalue weighted by Gasteiger charge is 2.37. The molecular weight excluding hydrogens is 1240 g/mol. The molecule has 0 aromatic rings. The molecule has 4 rings (SSSR count). The summed E-state index contributed by atoms with van der Waals surface area (Å²) in [6, 6.07) is 0. The second-order valence-corrected chi connectivity index (χ2v) is 34.4. The first kappa shape index (κ1) is 97.7. The molecule has 594 valence electrons. The molecule has 4 fully saturated rings. The minimum absolute atomic E-state index is 0.874. The van der Waals surface area contributed by atoms with E-state index in [1.807, 2.05) is 0 Å². The summed E-state index contributed by atoms with van der Waals surface area (Å²) in [5.74, 6) is 2.22. The van der Waals surface area contributed by atoms with E-state index in [-0.39, 0.29) is 0 Å². The third-order valence-electron chi connectivity index (χ3n) is 23.4. The Balaban J connectivity index is 0.00000123. The number of aliphatic carboxylic acids is 4. The van der Waals surface area contributed by atoms with Crippen molar-refractivity contribution >= 4 is 23.9 Å². The molecule has 0 spiro atoms. The maximum atomic E-state index is 10.6. The van der Waals surface area contributed by atoms with E-state index in [9.17, 15) is 19.2 Å². The van der Waals surface area contributed by atoms with Crippen LogP contribution in [-0.4, -0.2) is 70.5 Å². The first-order valence-electron chi connectivity index (χ1n) is 43.9. The van der Waals surface area contributed by atoms with Crippen LogP contribution in [0.3, 0.4) is 0 Å². The average molecular weight is 1420 g/mol. The maximum Gasteiger partial charge on any atom is 0.307 e. The van der Waals surface area contributed by atoms with Crippen LogP contribution in [0.1, 0.15) is 428 Å². The summed E-state index contributed by atoms with van der Waals surface area (Å²) in [6.07, 6.45) is 79.3. The van der Waals surface area contributed by atoms with Crippen LogP contribution in [0.25, 0.3) is 0 Å². The first-order chi connectivity index (χ1) is 48.2. The Hall–Kier alpha value is -2.28. The number of carboxylic acids is 4. The predicted octanol–water partition coefficient (Wildman–Crippen LogP) is 24.6. The zero-order valence-corrected chi connectivity index (χ0v) is 67.7. The minimum Gasteiger partial charge on any atom is -0.481 e. The molecule has 4 saturated carbocycles. The molecule has 100 heavy (non-hydrogen) atoms. The number of hydrogen-bond donors (Lipinski definition) is 8. The fraction of sp³-hybridized carbons (Fsp3) is 0.955. The minimum atomic E-state index is -1.76. The monoisotopic (exact) mass is 1420 g/mol. The van der Waals surface area contributed by atoms with Gasteiger partial charge in [0, 0.05) is 0 Å². The van der Waals surface area contributed by atoms with Crippen LogP contribution in [0.4, 0.5) is 0 Å². The van der Waals surface area contributed by atoms with Gasteiger partial charge in [0.1, 0.15) is 0 Å². The number of nitrogens with two attached hydrogens (primary N) is 4. The Morgan fingerprint density at radius 3 is 0.540 bits per heavy atom. The van der Waals surface area contributed by atoms with Gasteiger partial charge < -0.3 is 43.4 Å². The second kappa shape index (κ2) is 68.5. The van der Waals surface area contributed by atoms with Gasteiger partial charge in [-0.2, -0.15) is 0 Å². The lowest BCUT2D eigenvalue weighted by atomic mass is 9.73. The number of rotatable bonds is 55. The number of hydrogen-bond acceptors (Lipinski definition) is 8. The fourth-order valence-corrected chi connectivity index (χ4v) is 17.9. The van der Waals surface area contributed by atoms with Gasteiger partial charge in [0.2, 0.25) is 0 Å². The van der Waals surface area contributed by atoms with Crippen molar-refractivity contribution in [1.82, 2.24) is 0 Å². The third kappa shape index (κ3) is 58.0. The predicted molar refractivity (Wildman–Crippen MR) is 429 cm³/mol. The van der Waals surface area contributed by atoms with E-state index in [4.69, 9.17) is 43.4 Å². The summed E-state index contributed by atoms with van der Waals surface area (Å²) in [5, 5.41) is 34.1. The van der Waals surface area contributed by atoms with E-state index in [2.05, 4.69) is 55.4 Å². The van der Waals surface area contributed by atoms with Crippen LogP contribution in [-0.2, 0) is 19.2 Å². The summed E-state index contributed by atoms with van der Waals surface area (Å²) in [4.78, 5) is 41.9. The van der Waals surface area contributed by atoms with Gasteiger partial charge in [0.05, 0.1) is 24.7 Å². The van der Waals surface area contributed by atoms with E-state index in [0.29, 0.717) is 0 Å². The molecule has 0 aromatic carbocycles. The third-order valence-corrected chi connectivity index (χ3v) is 23.4. The maximum absolute atomic E-state index is 10.6. The standard InChI is InChI=1S/4C20H41N.C8H10O8/c4*1-18(2)17-20-15-11-10-14-19(20)13-9-7-5-3-4-6-8-12-16-21;9-5(10)1-3(7(13)14)4(8(15)16)2-6(11)12/h4*18-20H,3-17,21H2,1-2H3;3-4H,1-2H2,(H,9,10)(H,11,12)(H,13,14)(H,15,16). The Morgan fingerprint density at radius 2 is 0.400 bits per heavy atom. The van der Waals surface area contributed by atoms with E-state index in [1.54, 1.807) is 0 Å². The Morgan fingerprint density at radius 1 is 0.250 bits per heavy atom. The normalized spacial score (nSPS) is 21.4. The van der Waals surface area contributed by atoms with Crippen molar-refractivity contribution in [3.8, 4) is 0 Å². The molecule has 0 amide bonds. The summed E-state index contributed by atoms with van der Waals surface area (Å²) < 4.78 is 0. The Kier molecular flexibility index (Phi) is 67.0. The summed E-state index contributed by atoms with van der Waals surface area (Å²) >= 11 is 0. The molecule has 4 aliphatic carbocycles. The highest BCUT2D eigenvalue weighted by molar-refractivity contribution is 5.86. The fourth-order valence-electron chi connectivity index (χ4n) is 17.9. The quantitative estimate of drug-likeness (QED) is 0.0265. The molecule has 0 aromatic heterocycles. The van der Waals surface area contributed by atoms with Crippen molar-refractivity contribution in [1.29, 1.82) is 0 Å². The van der Waals surface area contributed by atoms with Gasteiger partial charge in [-0.25, -0.2) is 0 Å². The molecule has 12 N–H and O–H groups in total. The smallest absolute Gasteiger partial charge is 0.307 e. The lowest BCUT2D eigenvalue weighted by Crippen LogP contribution is -2.33. The van der Waals surface area contributed by atoms with Crippen LogP contribution in [0.15, 0.2) is 0 Å². The van der Waals surface area contributed by atoms with Gasteiger partial charge in [-0.1, -0.05) is 364 Å². The van der Waals surface area contributed by atoms with Crippen LogP contribution in [0.2, 0.25) is 0 Å². The van der Waals surface area contributed by atoms with Crippen molar-refractivity contribution in [3.63, 3.8) is 0 Å². The SMILES string of the molecule is CC(C)CC1CCCCC1CCCCCCCCCCN.CC(C)CC1CCCCC1CCCCCCCCCCN.CC(C)CC1CCCCC1CCCCCCCCCCN.CC(C)CC1CCCCC1CCCCCCCCCCN.O=C(O)CC(C(=O)O)C(CC(=O)O)C(=O)O. The van der Waals surface area contributed by atoms with Gasteiger partial charge in [-0.3, -0.25) is 19.2 Å². The number of carboxylic acid groups (broad SMARTS) is 4. The average Bonchev–Trinajstić information content (AvgIpc) is 0.952. The van der Waals surface area contributed by atoms with E-state index < -0.39 is 48.6 Å². The first-order valence-corrected chi connectivity index (χ1v) is 43.9. The lowest BCUT2D eigenvalue weighted by molar-refractivity contribution is -0.160. The molecule has 10 atom stereocenters. The van der Waals surface area contributed by atoms with Crippen molar-refractivity contribution in [2.45, 2.75) is 428 Å². The molecule has 0 radical (unpaired) electrons. The van der Waals surface area contributed by atoms with Gasteiger partial charge in [0.25, 0.3) is 0 Å². The molecule has 10 unspecified atom stereocenters.